The van der Waals surface area contributed by atoms with Crippen molar-refractivity contribution in [1.82, 2.24) is 10.2 Å². The second-order valence-corrected chi connectivity index (χ2v) is 11.0. The second kappa shape index (κ2) is 13.6. The average molecular weight is 545 g/mol. The summed E-state index contributed by atoms with van der Waals surface area (Å²) in [5.74, 6) is 0.208. The minimum atomic E-state index is -1.07. The maximum Gasteiger partial charge on any atom is 0.247 e. The lowest BCUT2D eigenvalue weighted by atomic mass is 9.77. The first-order chi connectivity index (χ1) is 18.9. The zero-order valence-electron chi connectivity index (χ0n) is 23.2. The molecule has 0 saturated heterocycles. The molecule has 0 bridgehead atoms. The van der Waals surface area contributed by atoms with Gasteiger partial charge in [-0.3, -0.25) is 9.59 Å². The molecule has 1 fully saturated rings. The number of benzene rings is 1. The van der Waals surface area contributed by atoms with Gasteiger partial charge in [-0.25, -0.2) is 0 Å². The molecule has 9 nitrogen and oxygen atoms in total. The second-order valence-electron chi connectivity index (χ2n) is 11.0. The van der Waals surface area contributed by atoms with Gasteiger partial charge in [-0.2, -0.15) is 0 Å². The molecule has 1 aliphatic heterocycles. The van der Waals surface area contributed by atoms with Crippen molar-refractivity contribution in [3.05, 3.63) is 34.9 Å². The Balaban J connectivity index is 1.72. The molecule has 4 atom stereocenters. The van der Waals surface area contributed by atoms with Crippen LogP contribution in [-0.4, -0.2) is 77.1 Å². The summed E-state index contributed by atoms with van der Waals surface area (Å²) in [6.45, 7) is 2.29. The summed E-state index contributed by atoms with van der Waals surface area (Å²) in [6, 6.07) is 2.73. The molecule has 216 valence electrons. The molecule has 0 radical (unpaired) electrons. The Morgan fingerprint density at radius 3 is 2.59 bits per heavy atom. The van der Waals surface area contributed by atoms with E-state index in [2.05, 4.69) is 12.2 Å². The van der Waals surface area contributed by atoms with Crippen LogP contribution >= 0.6 is 0 Å². The molecular weight excluding hydrogens is 500 g/mol. The first kappa shape index (κ1) is 29.4. The molecule has 2 amide bonds. The zero-order valence-corrected chi connectivity index (χ0v) is 23.2. The number of hydrogen-bond acceptors (Lipinski definition) is 7. The van der Waals surface area contributed by atoms with Crippen LogP contribution in [-0.2, 0) is 16.2 Å². The van der Waals surface area contributed by atoms with Crippen molar-refractivity contribution in [1.29, 1.82) is 0 Å². The van der Waals surface area contributed by atoms with Crippen molar-refractivity contribution in [3.8, 4) is 11.5 Å². The van der Waals surface area contributed by atoms with Crippen LogP contribution in [0.1, 0.15) is 81.8 Å². The number of aliphatic hydroxyl groups excluding tert-OH is 3. The van der Waals surface area contributed by atoms with E-state index in [9.17, 15) is 24.9 Å². The summed E-state index contributed by atoms with van der Waals surface area (Å²) in [7, 11) is 1.51. The smallest absolute Gasteiger partial charge is 0.247 e. The first-order valence-corrected chi connectivity index (χ1v) is 14.5. The Hall–Kier alpha value is -2.62. The van der Waals surface area contributed by atoms with Crippen LogP contribution in [0.15, 0.2) is 23.8 Å². The van der Waals surface area contributed by atoms with Gasteiger partial charge in [0.1, 0.15) is 12.2 Å². The summed E-state index contributed by atoms with van der Waals surface area (Å²) in [5.41, 5.74) is 1.64. The van der Waals surface area contributed by atoms with Crippen molar-refractivity contribution in [3.63, 3.8) is 0 Å². The predicted molar refractivity (Wildman–Crippen MR) is 146 cm³/mol. The normalized spacial score (nSPS) is 24.0. The standard InChI is InChI=1S/C30H44N2O7/c1-3-4-5-8-12-32(25(35)16-19-9-6-7-10-19)23-17-22(30(37)31-11-13-33)26-21-14-20(18-34)15-24(38-2)28(21)39-29(26)27(23)36/h14-15,17,19,23,26-27,29,33-34,36H,3-13,16,18H2,1-2H3,(H,31,37). The van der Waals surface area contributed by atoms with E-state index in [0.717, 1.165) is 51.4 Å². The Morgan fingerprint density at radius 1 is 1.15 bits per heavy atom. The van der Waals surface area contributed by atoms with E-state index < -0.39 is 24.2 Å². The van der Waals surface area contributed by atoms with Crippen LogP contribution in [0.4, 0.5) is 0 Å². The van der Waals surface area contributed by atoms with Gasteiger partial charge in [-0.15, -0.1) is 0 Å². The molecule has 3 aliphatic rings. The van der Waals surface area contributed by atoms with Crippen LogP contribution in [0.3, 0.4) is 0 Å². The van der Waals surface area contributed by atoms with Gasteiger partial charge in [0.05, 0.1) is 32.3 Å². The van der Waals surface area contributed by atoms with Crippen molar-refractivity contribution >= 4 is 11.8 Å². The SMILES string of the molecule is CCCCCCN(C(=O)CC1CCCC1)C1C=C(C(=O)NCCO)C2c3cc(CO)cc(OC)c3OC2C1O. The molecule has 1 heterocycles. The van der Waals surface area contributed by atoms with Crippen LogP contribution in [0.2, 0.25) is 0 Å². The Morgan fingerprint density at radius 2 is 1.92 bits per heavy atom. The minimum absolute atomic E-state index is 0.00271. The summed E-state index contributed by atoms with van der Waals surface area (Å²) >= 11 is 0. The number of fused-ring (bicyclic) bond motifs is 3. The van der Waals surface area contributed by atoms with Gasteiger partial charge >= 0.3 is 0 Å². The molecule has 39 heavy (non-hydrogen) atoms. The number of nitrogens with zero attached hydrogens (tertiary/aromatic N) is 1. The number of carbonyl (C=O) groups excluding carboxylic acids is 2. The van der Waals surface area contributed by atoms with E-state index in [0.29, 0.717) is 47.1 Å². The van der Waals surface area contributed by atoms with Crippen LogP contribution in [0.5, 0.6) is 11.5 Å². The molecule has 1 aromatic carbocycles. The van der Waals surface area contributed by atoms with E-state index in [1.54, 1.807) is 23.1 Å². The lowest BCUT2D eigenvalue weighted by molar-refractivity contribution is -0.138. The summed E-state index contributed by atoms with van der Waals surface area (Å²) < 4.78 is 11.8. The molecule has 4 N–H and O–H groups in total. The number of nitrogens with one attached hydrogen (secondary N) is 1. The van der Waals surface area contributed by atoms with Gasteiger partial charge in [0.25, 0.3) is 0 Å². The minimum Gasteiger partial charge on any atom is -0.493 e. The van der Waals surface area contributed by atoms with Gasteiger partial charge in [-0.05, 0) is 49.0 Å². The monoisotopic (exact) mass is 544 g/mol. The fourth-order valence-electron chi connectivity index (χ4n) is 6.35. The molecule has 4 unspecified atom stereocenters. The quantitative estimate of drug-likeness (QED) is 0.281. The van der Waals surface area contributed by atoms with Crippen molar-refractivity contribution in [2.45, 2.75) is 95.5 Å². The summed E-state index contributed by atoms with van der Waals surface area (Å²) in [5, 5.41) is 33.6. The number of rotatable bonds is 13. The third-order valence-corrected chi connectivity index (χ3v) is 8.37. The van der Waals surface area contributed by atoms with Gasteiger partial charge in [0.15, 0.2) is 11.5 Å². The Kier molecular flexibility index (Phi) is 10.3. The lowest BCUT2D eigenvalue weighted by Crippen LogP contribution is -2.56. The molecule has 0 spiro atoms. The molecular formula is C30H44N2O7. The predicted octanol–water partition coefficient (Wildman–Crippen LogP) is 2.80. The molecule has 2 aliphatic carbocycles. The van der Waals surface area contributed by atoms with Gasteiger partial charge in [0, 0.05) is 30.6 Å². The summed E-state index contributed by atoms with van der Waals surface area (Å²) in [4.78, 5) is 28.9. The average Bonchev–Trinajstić information content (AvgIpc) is 3.60. The van der Waals surface area contributed by atoms with Gasteiger partial charge in [0.2, 0.25) is 11.8 Å². The van der Waals surface area contributed by atoms with Crippen molar-refractivity contribution in [2.75, 3.05) is 26.8 Å². The number of hydrogen-bond donors (Lipinski definition) is 4. The number of aliphatic hydroxyl groups is 3. The Bertz CT molecular complexity index is 1040. The van der Waals surface area contributed by atoms with Gasteiger partial charge in [-0.1, -0.05) is 39.0 Å². The number of amides is 2. The highest BCUT2D eigenvalue weighted by Crippen LogP contribution is 2.51. The first-order valence-electron chi connectivity index (χ1n) is 14.5. The van der Waals surface area contributed by atoms with E-state index in [-0.39, 0.29) is 31.6 Å². The van der Waals surface area contributed by atoms with Crippen LogP contribution in [0.25, 0.3) is 0 Å². The van der Waals surface area contributed by atoms with E-state index in [1.165, 1.54) is 7.11 Å². The van der Waals surface area contributed by atoms with E-state index >= 15 is 0 Å². The van der Waals surface area contributed by atoms with Crippen LogP contribution in [0, 0.1) is 5.92 Å². The number of ether oxygens (including phenoxy) is 2. The third-order valence-electron chi connectivity index (χ3n) is 8.37. The highest BCUT2D eigenvalue weighted by molar-refractivity contribution is 5.96. The maximum atomic E-state index is 13.7. The number of unbranched alkanes of at least 4 members (excludes halogenated alkanes) is 3. The third kappa shape index (κ3) is 6.42. The van der Waals surface area contributed by atoms with Crippen molar-refractivity contribution < 1.29 is 34.4 Å². The zero-order chi connectivity index (χ0) is 27.9. The molecule has 4 rings (SSSR count). The van der Waals surface area contributed by atoms with Crippen LogP contribution < -0.4 is 14.8 Å². The van der Waals surface area contributed by atoms with E-state index in [1.807, 2.05) is 0 Å². The number of carbonyl (C=O) groups is 2. The molecule has 0 aromatic heterocycles. The van der Waals surface area contributed by atoms with Crippen molar-refractivity contribution in [2.24, 2.45) is 5.92 Å². The maximum absolute atomic E-state index is 13.7. The molecule has 1 aromatic rings. The number of methoxy groups -OCH3 is 1. The summed E-state index contributed by atoms with van der Waals surface area (Å²) in [6.07, 6.45) is 8.59. The Labute approximate surface area is 231 Å². The topological polar surface area (TPSA) is 129 Å². The highest BCUT2D eigenvalue weighted by atomic mass is 16.5. The van der Waals surface area contributed by atoms with Gasteiger partial charge < -0.3 is 35.0 Å². The molecule has 1 saturated carbocycles. The highest BCUT2D eigenvalue weighted by Gasteiger charge is 2.51. The largest absolute Gasteiger partial charge is 0.493 e. The molecule has 9 heteroatoms. The fraction of sp³-hybridized carbons (Fsp3) is 0.667. The van der Waals surface area contributed by atoms with E-state index in [4.69, 9.17) is 9.47 Å². The lowest BCUT2D eigenvalue weighted by Gasteiger charge is -2.41. The fourth-order valence-corrected chi connectivity index (χ4v) is 6.35.